The molecule has 0 spiro atoms. The van der Waals surface area contributed by atoms with Crippen LogP contribution < -0.4 is 10.1 Å². The van der Waals surface area contributed by atoms with Gasteiger partial charge >= 0.3 is 0 Å². The van der Waals surface area contributed by atoms with Crippen LogP contribution >= 0.6 is 0 Å². The van der Waals surface area contributed by atoms with Crippen LogP contribution in [0.25, 0.3) is 11.3 Å². The molecule has 1 amide bonds. The van der Waals surface area contributed by atoms with E-state index in [0.717, 1.165) is 5.56 Å². The topological polar surface area (TPSA) is 120 Å². The molecule has 0 bridgehead atoms. The van der Waals surface area contributed by atoms with Crippen molar-refractivity contribution in [3.8, 4) is 17.0 Å². The van der Waals surface area contributed by atoms with Gasteiger partial charge in [0.2, 0.25) is 5.82 Å². The van der Waals surface area contributed by atoms with Crippen LogP contribution in [-0.2, 0) is 0 Å². The summed E-state index contributed by atoms with van der Waals surface area (Å²) in [5.74, 6) is 0.247. The molecule has 0 fully saturated rings. The van der Waals surface area contributed by atoms with Crippen molar-refractivity contribution in [3.63, 3.8) is 0 Å². The Morgan fingerprint density at radius 3 is 2.73 bits per heavy atom. The third-order valence-electron chi connectivity index (χ3n) is 3.73. The lowest BCUT2D eigenvalue weighted by atomic mass is 10.1. The predicted molar refractivity (Wildman–Crippen MR) is 92.1 cm³/mol. The van der Waals surface area contributed by atoms with E-state index in [4.69, 9.17) is 9.37 Å². The number of ether oxygens (including phenoxy) is 1. The number of rotatable bonds is 5. The first-order valence-corrected chi connectivity index (χ1v) is 7.53. The molecule has 0 radical (unpaired) electrons. The molecule has 0 saturated heterocycles. The average Bonchev–Trinajstić information content (AvgIpc) is 3.09. The molecule has 26 heavy (non-hydrogen) atoms. The van der Waals surface area contributed by atoms with Crippen LogP contribution in [-0.4, -0.2) is 28.3 Å². The Hall–Kier alpha value is -3.75. The number of nitro benzene ring substituents is 1. The van der Waals surface area contributed by atoms with Gasteiger partial charge in [-0.1, -0.05) is 6.07 Å². The molecular formula is C17H14N4O5. The third kappa shape index (κ3) is 3.36. The van der Waals surface area contributed by atoms with Crippen LogP contribution in [0.5, 0.6) is 5.75 Å². The van der Waals surface area contributed by atoms with Gasteiger partial charge in [0.25, 0.3) is 11.6 Å². The van der Waals surface area contributed by atoms with Gasteiger partial charge in [0.15, 0.2) is 5.69 Å². The Balaban J connectivity index is 1.89. The number of nitro groups is 1. The highest BCUT2D eigenvalue weighted by molar-refractivity contribution is 6.05. The summed E-state index contributed by atoms with van der Waals surface area (Å²) in [6.07, 6.45) is 0. The smallest absolute Gasteiger partial charge is 0.270 e. The molecule has 9 nitrogen and oxygen atoms in total. The largest absolute Gasteiger partial charge is 0.497 e. The van der Waals surface area contributed by atoms with E-state index in [0.29, 0.717) is 17.0 Å². The lowest BCUT2D eigenvalue weighted by Crippen LogP contribution is -2.13. The Bertz CT molecular complexity index is 983. The van der Waals surface area contributed by atoms with Gasteiger partial charge in [0, 0.05) is 23.3 Å². The summed E-state index contributed by atoms with van der Waals surface area (Å²) in [4.78, 5) is 22.7. The molecule has 1 aromatic heterocycles. The van der Waals surface area contributed by atoms with Crippen molar-refractivity contribution in [1.29, 1.82) is 0 Å². The molecule has 1 heterocycles. The monoisotopic (exact) mass is 354 g/mol. The second kappa shape index (κ2) is 7.01. The molecule has 132 valence electrons. The zero-order valence-corrected chi connectivity index (χ0v) is 13.9. The van der Waals surface area contributed by atoms with Crippen molar-refractivity contribution in [2.75, 3.05) is 12.4 Å². The highest BCUT2D eigenvalue weighted by Crippen LogP contribution is 2.30. The number of nitrogens with zero attached hydrogens (tertiary/aromatic N) is 3. The maximum atomic E-state index is 12.4. The molecule has 0 aliphatic carbocycles. The first kappa shape index (κ1) is 17.1. The summed E-state index contributed by atoms with van der Waals surface area (Å²) in [5.41, 5.74) is 1.86. The number of amides is 1. The summed E-state index contributed by atoms with van der Waals surface area (Å²) < 4.78 is 9.92. The summed E-state index contributed by atoms with van der Waals surface area (Å²) in [5, 5.41) is 21.0. The highest BCUT2D eigenvalue weighted by Gasteiger charge is 2.19. The number of nitrogens with one attached hydrogen (secondary N) is 1. The molecule has 0 aliphatic heterocycles. The van der Waals surface area contributed by atoms with Crippen LogP contribution in [0.3, 0.4) is 0 Å². The average molecular weight is 354 g/mol. The highest BCUT2D eigenvalue weighted by atomic mass is 16.6. The van der Waals surface area contributed by atoms with E-state index in [2.05, 4.69) is 15.6 Å². The van der Waals surface area contributed by atoms with Crippen molar-refractivity contribution in [1.82, 2.24) is 10.3 Å². The van der Waals surface area contributed by atoms with E-state index in [1.165, 1.54) is 24.3 Å². The van der Waals surface area contributed by atoms with Crippen molar-refractivity contribution < 1.29 is 19.1 Å². The fourth-order valence-electron chi connectivity index (χ4n) is 2.42. The number of aromatic nitrogens is 2. The lowest BCUT2D eigenvalue weighted by Gasteiger charge is -2.07. The second-order valence-electron chi connectivity index (χ2n) is 5.40. The molecule has 0 aliphatic rings. The van der Waals surface area contributed by atoms with Crippen molar-refractivity contribution in [3.05, 3.63) is 63.7 Å². The molecule has 0 saturated carbocycles. The summed E-state index contributed by atoms with van der Waals surface area (Å²) in [6.45, 7) is 1.86. The molecular weight excluding hydrogens is 340 g/mol. The van der Waals surface area contributed by atoms with E-state index in [1.807, 2.05) is 13.0 Å². The van der Waals surface area contributed by atoms with Crippen LogP contribution in [0.1, 0.15) is 15.9 Å². The Morgan fingerprint density at radius 1 is 1.23 bits per heavy atom. The fourth-order valence-corrected chi connectivity index (χ4v) is 2.42. The number of methoxy groups -OCH3 is 1. The summed E-state index contributed by atoms with van der Waals surface area (Å²) >= 11 is 0. The predicted octanol–water partition coefficient (Wildman–Crippen LogP) is 3.21. The van der Waals surface area contributed by atoms with Crippen LogP contribution in [0, 0.1) is 17.0 Å². The van der Waals surface area contributed by atoms with Gasteiger partial charge in [-0.25, -0.2) is 4.63 Å². The second-order valence-corrected chi connectivity index (χ2v) is 5.40. The van der Waals surface area contributed by atoms with E-state index in [9.17, 15) is 14.9 Å². The lowest BCUT2D eigenvalue weighted by molar-refractivity contribution is -0.384. The van der Waals surface area contributed by atoms with E-state index in [-0.39, 0.29) is 17.1 Å². The van der Waals surface area contributed by atoms with E-state index >= 15 is 0 Å². The number of anilines is 1. The van der Waals surface area contributed by atoms with Crippen LogP contribution in [0.15, 0.2) is 47.1 Å². The normalized spacial score (nSPS) is 10.4. The Labute approximate surface area is 147 Å². The zero-order valence-electron chi connectivity index (χ0n) is 13.9. The first-order chi connectivity index (χ1) is 12.5. The minimum Gasteiger partial charge on any atom is -0.497 e. The number of hydrogen-bond donors (Lipinski definition) is 1. The molecule has 0 unspecified atom stereocenters. The third-order valence-corrected chi connectivity index (χ3v) is 3.73. The minimum atomic E-state index is -0.569. The SMILES string of the molecule is COc1ccc(-c2nonc2NC(=O)c2cccc([N+](=O)[O-])c2)c(C)c1. The van der Waals surface area contributed by atoms with Crippen LogP contribution in [0.2, 0.25) is 0 Å². The fraction of sp³-hybridized carbons (Fsp3) is 0.118. The van der Waals surface area contributed by atoms with E-state index in [1.54, 1.807) is 19.2 Å². The van der Waals surface area contributed by atoms with Gasteiger partial charge in [0.05, 0.1) is 12.0 Å². The minimum absolute atomic E-state index is 0.120. The van der Waals surface area contributed by atoms with Gasteiger partial charge < -0.3 is 10.1 Å². The maximum absolute atomic E-state index is 12.4. The molecule has 3 rings (SSSR count). The van der Waals surface area contributed by atoms with Crippen LogP contribution in [0.4, 0.5) is 11.5 Å². The zero-order chi connectivity index (χ0) is 18.7. The summed E-state index contributed by atoms with van der Waals surface area (Å²) in [7, 11) is 1.57. The van der Waals surface area contributed by atoms with Gasteiger partial charge in [-0.15, -0.1) is 0 Å². The standard InChI is InChI=1S/C17H14N4O5/c1-10-8-13(25-2)6-7-14(10)15-16(20-26-19-15)18-17(22)11-4-3-5-12(9-11)21(23)24/h3-9H,1-2H3,(H,18,20,22). The van der Waals surface area contributed by atoms with Crippen molar-refractivity contribution in [2.45, 2.75) is 6.92 Å². The Morgan fingerprint density at radius 2 is 2.04 bits per heavy atom. The molecule has 1 N–H and O–H groups in total. The van der Waals surface area contributed by atoms with Crippen molar-refractivity contribution >= 4 is 17.4 Å². The number of aryl methyl sites for hydroxylation is 1. The number of carbonyl (C=O) groups is 1. The maximum Gasteiger partial charge on any atom is 0.270 e. The number of benzene rings is 2. The quantitative estimate of drug-likeness (QED) is 0.551. The summed E-state index contributed by atoms with van der Waals surface area (Å²) in [6, 6.07) is 10.7. The number of non-ortho nitro benzene ring substituents is 1. The Kier molecular flexibility index (Phi) is 4.61. The van der Waals surface area contributed by atoms with Gasteiger partial charge in [-0.3, -0.25) is 14.9 Å². The first-order valence-electron chi connectivity index (χ1n) is 7.53. The van der Waals surface area contributed by atoms with Gasteiger partial charge in [0.1, 0.15) is 5.75 Å². The van der Waals surface area contributed by atoms with E-state index < -0.39 is 10.8 Å². The number of hydrogen-bond acceptors (Lipinski definition) is 7. The molecule has 0 atom stereocenters. The molecule has 3 aromatic rings. The molecule has 9 heteroatoms. The molecule has 2 aromatic carbocycles. The van der Waals surface area contributed by atoms with Gasteiger partial charge in [-0.05, 0) is 47.1 Å². The number of carbonyl (C=O) groups excluding carboxylic acids is 1. The van der Waals surface area contributed by atoms with Crippen molar-refractivity contribution in [2.24, 2.45) is 0 Å². The van der Waals surface area contributed by atoms with Gasteiger partial charge in [-0.2, -0.15) is 0 Å².